The number of amides is 1. The van der Waals surface area contributed by atoms with Gasteiger partial charge in [-0.2, -0.15) is 5.10 Å². The molecule has 2 aromatic heterocycles. The van der Waals surface area contributed by atoms with Gasteiger partial charge in [-0.1, -0.05) is 59.6 Å². The fourth-order valence-electron chi connectivity index (χ4n) is 3.29. The molecule has 0 atom stereocenters. The second kappa shape index (κ2) is 8.05. The molecule has 0 fully saturated rings. The number of benzene rings is 2. The van der Waals surface area contributed by atoms with Crippen molar-refractivity contribution >= 4 is 28.5 Å². The van der Waals surface area contributed by atoms with Gasteiger partial charge in [-0.25, -0.2) is 9.67 Å². The quantitative estimate of drug-likeness (QED) is 0.526. The fraction of sp³-hybridized carbons (Fsp3) is 0.174. The highest BCUT2D eigenvalue weighted by atomic mass is 35.5. The van der Waals surface area contributed by atoms with Gasteiger partial charge in [0.05, 0.1) is 27.4 Å². The summed E-state index contributed by atoms with van der Waals surface area (Å²) in [6, 6.07) is 18.0. The number of aryl methyl sites for hydroxylation is 2. The summed E-state index contributed by atoms with van der Waals surface area (Å²) < 4.78 is 1.76. The van der Waals surface area contributed by atoms with E-state index in [1.807, 2.05) is 68.4 Å². The topological polar surface area (TPSA) is 59.8 Å². The van der Waals surface area contributed by atoms with E-state index in [2.05, 4.69) is 15.4 Å². The van der Waals surface area contributed by atoms with Crippen molar-refractivity contribution in [2.24, 2.45) is 0 Å². The Morgan fingerprint density at radius 2 is 1.79 bits per heavy atom. The molecule has 4 aromatic rings. The molecule has 1 amide bonds. The lowest BCUT2D eigenvalue weighted by atomic mass is 10.1. The summed E-state index contributed by atoms with van der Waals surface area (Å²) in [5, 5.41) is 8.59. The van der Waals surface area contributed by atoms with E-state index in [0.717, 1.165) is 17.8 Å². The number of carbonyl (C=O) groups is 1. The first kappa shape index (κ1) is 19.2. The second-order valence-corrected chi connectivity index (χ2v) is 7.39. The van der Waals surface area contributed by atoms with Crippen LogP contribution in [0.15, 0.2) is 60.8 Å². The molecule has 4 rings (SSSR count). The van der Waals surface area contributed by atoms with Crippen LogP contribution in [0.5, 0.6) is 0 Å². The van der Waals surface area contributed by atoms with Crippen LogP contribution >= 0.6 is 11.6 Å². The van der Waals surface area contributed by atoms with Crippen LogP contribution in [0.25, 0.3) is 16.7 Å². The van der Waals surface area contributed by atoms with E-state index < -0.39 is 0 Å². The summed E-state index contributed by atoms with van der Waals surface area (Å²) in [4.78, 5) is 17.2. The zero-order valence-corrected chi connectivity index (χ0v) is 17.1. The summed E-state index contributed by atoms with van der Waals surface area (Å²) >= 11 is 6.61. The minimum atomic E-state index is -0.234. The van der Waals surface area contributed by atoms with Gasteiger partial charge in [0.1, 0.15) is 0 Å². The van der Waals surface area contributed by atoms with Gasteiger partial charge in [0, 0.05) is 12.7 Å². The van der Waals surface area contributed by atoms with Gasteiger partial charge in [-0.05, 0) is 38.0 Å². The molecule has 1 N–H and O–H groups in total. The van der Waals surface area contributed by atoms with E-state index in [1.165, 1.54) is 17.3 Å². The van der Waals surface area contributed by atoms with Crippen molar-refractivity contribution in [1.29, 1.82) is 0 Å². The van der Waals surface area contributed by atoms with Crippen LogP contribution < -0.4 is 5.32 Å². The molecular formula is C23H21ClN4O. The lowest BCUT2D eigenvalue weighted by Gasteiger charge is -2.08. The third-order valence-corrected chi connectivity index (χ3v) is 5.27. The van der Waals surface area contributed by atoms with E-state index in [9.17, 15) is 4.79 Å². The van der Waals surface area contributed by atoms with Gasteiger partial charge in [0.15, 0.2) is 5.65 Å². The number of nitrogens with one attached hydrogen (secondary N) is 1. The SMILES string of the molecule is Cc1ccc(-n2nc(C)c3c(Cl)c(C(=O)NCCc4ccccc4)cnc32)cc1. The summed E-state index contributed by atoms with van der Waals surface area (Å²) in [6.07, 6.45) is 2.28. The molecule has 0 saturated heterocycles. The van der Waals surface area contributed by atoms with Gasteiger partial charge in [0.25, 0.3) is 5.91 Å². The molecule has 0 bridgehead atoms. The maximum atomic E-state index is 12.7. The van der Waals surface area contributed by atoms with Crippen LogP contribution in [0.3, 0.4) is 0 Å². The average Bonchev–Trinajstić information content (AvgIpc) is 3.07. The molecule has 0 radical (unpaired) electrons. The number of halogens is 1. The van der Waals surface area contributed by atoms with E-state index in [1.54, 1.807) is 4.68 Å². The standard InChI is InChI=1S/C23H21ClN4O/c1-15-8-10-18(11-9-15)28-22-20(16(2)27-28)21(24)19(14-26-22)23(29)25-13-12-17-6-4-3-5-7-17/h3-11,14H,12-13H2,1-2H3,(H,25,29). The third kappa shape index (κ3) is 3.87. The molecule has 146 valence electrons. The van der Waals surface area contributed by atoms with E-state index in [0.29, 0.717) is 28.2 Å². The Balaban J connectivity index is 1.60. The minimum Gasteiger partial charge on any atom is -0.352 e. The summed E-state index contributed by atoms with van der Waals surface area (Å²) in [5.41, 5.74) is 4.97. The molecule has 0 aliphatic heterocycles. The molecular weight excluding hydrogens is 384 g/mol. The average molecular weight is 405 g/mol. The highest BCUT2D eigenvalue weighted by molar-refractivity contribution is 6.38. The van der Waals surface area contributed by atoms with Crippen LogP contribution in [0.4, 0.5) is 0 Å². The summed E-state index contributed by atoms with van der Waals surface area (Å²) in [5.74, 6) is -0.234. The predicted molar refractivity (Wildman–Crippen MR) is 116 cm³/mol. The van der Waals surface area contributed by atoms with Gasteiger partial charge in [0.2, 0.25) is 0 Å². The number of aromatic nitrogens is 3. The van der Waals surface area contributed by atoms with Gasteiger partial charge < -0.3 is 5.32 Å². The monoisotopic (exact) mass is 404 g/mol. The van der Waals surface area contributed by atoms with Crippen molar-refractivity contribution in [3.8, 4) is 5.69 Å². The zero-order chi connectivity index (χ0) is 20.4. The maximum Gasteiger partial charge on any atom is 0.254 e. The number of carbonyl (C=O) groups excluding carboxylic acids is 1. The fourth-order valence-corrected chi connectivity index (χ4v) is 3.65. The zero-order valence-electron chi connectivity index (χ0n) is 16.3. The third-order valence-electron chi connectivity index (χ3n) is 4.87. The number of hydrogen-bond acceptors (Lipinski definition) is 3. The van der Waals surface area contributed by atoms with Crippen molar-refractivity contribution in [2.45, 2.75) is 20.3 Å². The molecule has 0 aliphatic rings. The van der Waals surface area contributed by atoms with Gasteiger partial charge in [-0.15, -0.1) is 0 Å². The van der Waals surface area contributed by atoms with Crippen LogP contribution in [-0.2, 0) is 6.42 Å². The van der Waals surface area contributed by atoms with Crippen molar-refractivity contribution in [3.05, 3.63) is 88.2 Å². The highest BCUT2D eigenvalue weighted by Gasteiger charge is 2.19. The smallest absolute Gasteiger partial charge is 0.254 e. The Morgan fingerprint density at radius 3 is 2.52 bits per heavy atom. The predicted octanol–water partition coefficient (Wildman–Crippen LogP) is 4.66. The first-order chi connectivity index (χ1) is 14.0. The number of pyridine rings is 1. The summed E-state index contributed by atoms with van der Waals surface area (Å²) in [6.45, 7) is 4.44. The Kier molecular flexibility index (Phi) is 5.32. The first-order valence-electron chi connectivity index (χ1n) is 9.47. The summed E-state index contributed by atoms with van der Waals surface area (Å²) in [7, 11) is 0. The molecule has 5 nitrogen and oxygen atoms in total. The Hall–Kier alpha value is -3.18. The first-order valence-corrected chi connectivity index (χ1v) is 9.85. The lowest BCUT2D eigenvalue weighted by molar-refractivity contribution is 0.0954. The van der Waals surface area contributed by atoms with Crippen LogP contribution in [0.2, 0.25) is 5.02 Å². The molecule has 0 aliphatic carbocycles. The Morgan fingerprint density at radius 1 is 1.07 bits per heavy atom. The molecule has 0 saturated carbocycles. The molecule has 6 heteroatoms. The highest BCUT2D eigenvalue weighted by Crippen LogP contribution is 2.30. The molecule has 0 spiro atoms. The molecule has 29 heavy (non-hydrogen) atoms. The number of nitrogens with zero attached hydrogens (tertiary/aromatic N) is 3. The van der Waals surface area contributed by atoms with Crippen molar-refractivity contribution in [3.63, 3.8) is 0 Å². The Bertz CT molecular complexity index is 1170. The molecule has 0 unspecified atom stereocenters. The van der Waals surface area contributed by atoms with Crippen LogP contribution in [0.1, 0.15) is 27.2 Å². The minimum absolute atomic E-state index is 0.234. The van der Waals surface area contributed by atoms with Gasteiger partial charge in [-0.3, -0.25) is 4.79 Å². The van der Waals surface area contributed by atoms with Crippen LogP contribution in [0, 0.1) is 13.8 Å². The van der Waals surface area contributed by atoms with Crippen molar-refractivity contribution in [2.75, 3.05) is 6.54 Å². The number of rotatable bonds is 5. The lowest BCUT2D eigenvalue weighted by Crippen LogP contribution is -2.26. The van der Waals surface area contributed by atoms with E-state index in [4.69, 9.17) is 11.6 Å². The molecule has 2 aromatic carbocycles. The maximum absolute atomic E-state index is 12.7. The largest absolute Gasteiger partial charge is 0.352 e. The van der Waals surface area contributed by atoms with Crippen molar-refractivity contribution in [1.82, 2.24) is 20.1 Å². The van der Waals surface area contributed by atoms with Crippen molar-refractivity contribution < 1.29 is 4.79 Å². The Labute approximate surface area is 174 Å². The van der Waals surface area contributed by atoms with Gasteiger partial charge >= 0.3 is 0 Å². The number of hydrogen-bond donors (Lipinski definition) is 1. The number of fused-ring (bicyclic) bond motifs is 1. The van der Waals surface area contributed by atoms with E-state index in [-0.39, 0.29) is 5.91 Å². The molecule has 2 heterocycles. The van der Waals surface area contributed by atoms with E-state index >= 15 is 0 Å². The second-order valence-electron chi connectivity index (χ2n) is 7.01. The normalized spacial score (nSPS) is 11.0. The van der Waals surface area contributed by atoms with Crippen LogP contribution in [-0.4, -0.2) is 27.2 Å².